The van der Waals surface area contributed by atoms with Crippen LogP contribution in [-0.2, 0) is 0 Å². The highest BCUT2D eigenvalue weighted by molar-refractivity contribution is 5.79. The van der Waals surface area contributed by atoms with Crippen LogP contribution in [0.25, 0.3) is 5.57 Å². The molecule has 2 heterocycles. The Kier molecular flexibility index (Phi) is 5.42. The molecule has 0 saturated heterocycles. The normalized spacial score (nSPS) is 24.1. The Labute approximate surface area is 236 Å². The van der Waals surface area contributed by atoms with Crippen molar-refractivity contribution in [2.24, 2.45) is 5.92 Å². The number of rotatable bonds is 3. The largest absolute Gasteiger partial charge is 0.337 e. The third kappa shape index (κ3) is 3.56. The molecule has 2 aliphatic heterocycles. The zero-order valence-electron chi connectivity index (χ0n) is 22.5. The van der Waals surface area contributed by atoms with Gasteiger partial charge in [-0.1, -0.05) is 60.7 Å². The summed E-state index contributed by atoms with van der Waals surface area (Å²) in [4.78, 5) is 5.06. The molecule has 5 aliphatic rings. The predicted molar refractivity (Wildman–Crippen MR) is 163 cm³/mol. The highest BCUT2D eigenvalue weighted by Gasteiger charge is 2.40. The number of para-hydroxylation sites is 1. The Morgan fingerprint density at radius 3 is 2.67 bits per heavy atom. The topological polar surface area (TPSA) is 30.3 Å². The molecule has 0 aromatic heterocycles. The van der Waals surface area contributed by atoms with Crippen LogP contribution in [0.5, 0.6) is 0 Å². The average molecular weight is 518 g/mol. The number of allylic oxidation sites excluding steroid dienone is 8. The number of benzene rings is 3. The third-order valence-electron chi connectivity index (χ3n) is 9.36. The van der Waals surface area contributed by atoms with E-state index >= 15 is 0 Å². The Hall–Kier alpha value is -4.55. The van der Waals surface area contributed by atoms with E-state index in [9.17, 15) is 5.26 Å². The molecule has 3 nitrogen and oxygen atoms in total. The van der Waals surface area contributed by atoms with Crippen LogP contribution < -0.4 is 9.80 Å². The summed E-state index contributed by atoms with van der Waals surface area (Å²) in [5, 5.41) is 9.29. The lowest BCUT2D eigenvalue weighted by molar-refractivity contribution is 0.572. The van der Waals surface area contributed by atoms with E-state index < -0.39 is 0 Å². The lowest BCUT2D eigenvalue weighted by Gasteiger charge is -2.33. The molecule has 0 saturated carbocycles. The maximum absolute atomic E-state index is 9.29. The average Bonchev–Trinajstić information content (AvgIpc) is 3.54. The second-order valence-corrected chi connectivity index (χ2v) is 11.4. The predicted octanol–water partition coefficient (Wildman–Crippen LogP) is 8.92. The van der Waals surface area contributed by atoms with Gasteiger partial charge in [0.25, 0.3) is 0 Å². The van der Waals surface area contributed by atoms with Crippen molar-refractivity contribution in [2.75, 3.05) is 9.80 Å². The molecule has 194 valence electrons. The Morgan fingerprint density at radius 1 is 0.875 bits per heavy atom. The molecule has 0 radical (unpaired) electrons. The second-order valence-electron chi connectivity index (χ2n) is 11.4. The molecular weight excluding hydrogens is 486 g/mol. The van der Waals surface area contributed by atoms with Gasteiger partial charge in [0.1, 0.15) is 0 Å². The lowest BCUT2D eigenvalue weighted by Crippen LogP contribution is -2.31. The molecule has 3 aromatic carbocycles. The van der Waals surface area contributed by atoms with Crippen LogP contribution in [0.3, 0.4) is 0 Å². The molecule has 0 fully saturated rings. The van der Waals surface area contributed by atoms with Crippen molar-refractivity contribution in [3.8, 4) is 6.07 Å². The summed E-state index contributed by atoms with van der Waals surface area (Å²) in [5.74, 6) is 0.831. The van der Waals surface area contributed by atoms with Crippen LogP contribution in [0.2, 0.25) is 0 Å². The van der Waals surface area contributed by atoms with Crippen molar-refractivity contribution in [2.45, 2.75) is 44.1 Å². The second kappa shape index (κ2) is 9.28. The van der Waals surface area contributed by atoms with Crippen molar-refractivity contribution in [3.05, 3.63) is 143 Å². The third-order valence-corrected chi connectivity index (χ3v) is 9.36. The van der Waals surface area contributed by atoms with Crippen molar-refractivity contribution < 1.29 is 0 Å². The van der Waals surface area contributed by atoms with Crippen molar-refractivity contribution in [1.82, 2.24) is 0 Å². The quantitative estimate of drug-likeness (QED) is 0.347. The molecular formula is C37H31N3. The van der Waals surface area contributed by atoms with Crippen LogP contribution in [0.1, 0.15) is 54.7 Å². The number of hydrogen-bond donors (Lipinski definition) is 0. The maximum atomic E-state index is 9.29. The van der Waals surface area contributed by atoms with Gasteiger partial charge in [-0.05, 0) is 103 Å². The van der Waals surface area contributed by atoms with E-state index in [-0.39, 0.29) is 0 Å². The lowest BCUT2D eigenvalue weighted by atomic mass is 9.81. The van der Waals surface area contributed by atoms with Crippen LogP contribution in [0, 0.1) is 17.2 Å². The van der Waals surface area contributed by atoms with Gasteiger partial charge < -0.3 is 9.80 Å². The molecule has 0 amide bonds. The van der Waals surface area contributed by atoms with E-state index in [1.165, 1.54) is 50.7 Å². The van der Waals surface area contributed by atoms with Gasteiger partial charge in [0.2, 0.25) is 0 Å². The van der Waals surface area contributed by atoms with E-state index in [0.29, 0.717) is 23.4 Å². The number of nitriles is 1. The van der Waals surface area contributed by atoms with Gasteiger partial charge in [0.05, 0.1) is 11.6 Å². The molecule has 3 aliphatic carbocycles. The molecule has 3 heteroatoms. The smallest absolute Gasteiger partial charge is 0.0991 e. The molecule has 3 aromatic rings. The molecule has 40 heavy (non-hydrogen) atoms. The molecule has 0 N–H and O–H groups in total. The van der Waals surface area contributed by atoms with Crippen LogP contribution in [0.15, 0.2) is 126 Å². The summed E-state index contributed by atoms with van der Waals surface area (Å²) in [7, 11) is 0. The zero-order valence-corrected chi connectivity index (χ0v) is 22.5. The number of fused-ring (bicyclic) bond motifs is 5. The Morgan fingerprint density at radius 2 is 1.77 bits per heavy atom. The Balaban J connectivity index is 1.16. The summed E-state index contributed by atoms with van der Waals surface area (Å²) in [6.45, 7) is 0. The fourth-order valence-corrected chi connectivity index (χ4v) is 7.59. The van der Waals surface area contributed by atoms with E-state index in [4.69, 9.17) is 0 Å². The minimum absolute atomic E-state index is 0.347. The van der Waals surface area contributed by atoms with Gasteiger partial charge in [-0.3, -0.25) is 0 Å². The van der Waals surface area contributed by atoms with Gasteiger partial charge in [-0.15, -0.1) is 0 Å². The van der Waals surface area contributed by atoms with Crippen molar-refractivity contribution in [1.29, 1.82) is 5.26 Å². The maximum Gasteiger partial charge on any atom is 0.0991 e. The van der Waals surface area contributed by atoms with Gasteiger partial charge in [0.15, 0.2) is 0 Å². The summed E-state index contributed by atoms with van der Waals surface area (Å²) >= 11 is 0. The SMILES string of the molecule is N#Cc1ccc(N2c3ccccc3C3C=C(c4cccc(N5C6=CC=CCC6C6=C5CCC=C6)c4)CCC32)cc1. The zero-order chi connectivity index (χ0) is 26.6. The van der Waals surface area contributed by atoms with E-state index in [1.54, 1.807) is 0 Å². The van der Waals surface area contributed by atoms with Gasteiger partial charge in [-0.25, -0.2) is 0 Å². The highest BCUT2D eigenvalue weighted by atomic mass is 15.2. The number of hydrogen-bond acceptors (Lipinski definition) is 3. The molecule has 0 spiro atoms. The first-order valence-corrected chi connectivity index (χ1v) is 14.6. The summed E-state index contributed by atoms with van der Waals surface area (Å²) in [5.41, 5.74) is 13.1. The molecule has 3 unspecified atom stereocenters. The fourth-order valence-electron chi connectivity index (χ4n) is 7.59. The summed E-state index contributed by atoms with van der Waals surface area (Å²) in [6, 6.07) is 28.8. The van der Waals surface area contributed by atoms with E-state index in [2.05, 4.69) is 113 Å². The minimum atomic E-state index is 0.347. The molecule has 8 rings (SSSR count). The standard InChI is InChI=1S/C37H31N3/c38-24-25-16-19-28(20-17-25)39-36-15-6-3-12-32(36)33-23-27(18-21-37(33)39)26-8-7-9-29(22-26)40-34-13-4-1-10-30(34)31-11-2-5-14-35(31)40/h1-4,6-9,11-13,15-17,19-20,22-23,30,33,37H,5,10,14,18,21H2. The van der Waals surface area contributed by atoms with Gasteiger partial charge in [-0.2, -0.15) is 5.26 Å². The first-order chi connectivity index (χ1) is 19.8. The fraction of sp³-hybridized carbons (Fsp3) is 0.216. The van der Waals surface area contributed by atoms with Gasteiger partial charge in [0, 0.05) is 46.3 Å². The first-order valence-electron chi connectivity index (χ1n) is 14.6. The van der Waals surface area contributed by atoms with Crippen LogP contribution in [-0.4, -0.2) is 6.04 Å². The number of anilines is 3. The van der Waals surface area contributed by atoms with Crippen molar-refractivity contribution in [3.63, 3.8) is 0 Å². The highest BCUT2D eigenvalue weighted by Crippen LogP contribution is 2.52. The molecule has 3 atom stereocenters. The number of nitrogens with zero attached hydrogens (tertiary/aromatic N) is 3. The Bertz CT molecular complexity index is 1710. The van der Waals surface area contributed by atoms with Gasteiger partial charge >= 0.3 is 0 Å². The monoisotopic (exact) mass is 517 g/mol. The summed E-state index contributed by atoms with van der Waals surface area (Å²) < 4.78 is 0. The van der Waals surface area contributed by atoms with E-state index in [1.807, 2.05) is 12.1 Å². The summed E-state index contributed by atoms with van der Waals surface area (Å²) in [6.07, 6.45) is 19.6. The van der Waals surface area contributed by atoms with E-state index in [0.717, 1.165) is 32.1 Å². The van der Waals surface area contributed by atoms with Crippen LogP contribution in [0.4, 0.5) is 17.1 Å². The molecule has 0 bridgehead atoms. The van der Waals surface area contributed by atoms with Crippen LogP contribution >= 0.6 is 0 Å². The minimum Gasteiger partial charge on any atom is -0.337 e. The first kappa shape index (κ1) is 23.3. The van der Waals surface area contributed by atoms with Crippen molar-refractivity contribution >= 4 is 22.6 Å².